The Morgan fingerprint density at radius 3 is 2.33 bits per heavy atom. The van der Waals surface area contributed by atoms with Gasteiger partial charge in [0.1, 0.15) is 0 Å². The van der Waals surface area contributed by atoms with Gasteiger partial charge in [-0.05, 0) is 12.8 Å². The van der Waals surface area contributed by atoms with Gasteiger partial charge in [-0.15, -0.1) is 0 Å². The van der Waals surface area contributed by atoms with Gasteiger partial charge in [-0.3, -0.25) is 4.79 Å². The molecule has 18 heavy (non-hydrogen) atoms. The molecule has 2 nitrogen and oxygen atoms in total. The zero-order chi connectivity index (χ0) is 13.4. The van der Waals surface area contributed by atoms with Gasteiger partial charge >= 0.3 is 0 Å². The Balaban J connectivity index is 2.49. The van der Waals surface area contributed by atoms with Crippen LogP contribution in [0.25, 0.3) is 0 Å². The lowest BCUT2D eigenvalue weighted by atomic mass is 9.81. The van der Waals surface area contributed by atoms with Crippen LogP contribution in [0.15, 0.2) is 12.2 Å². The fraction of sp³-hybridized carbons (Fsp3) is 0.812. The number of unbranched alkanes of at least 4 members (excludes halogenated alkanes) is 4. The van der Waals surface area contributed by atoms with Crippen LogP contribution in [0.5, 0.6) is 0 Å². The molecule has 0 aromatic rings. The van der Waals surface area contributed by atoms with Gasteiger partial charge in [0, 0.05) is 24.1 Å². The summed E-state index contributed by atoms with van der Waals surface area (Å²) in [5.74, 6) is 0.515. The summed E-state index contributed by atoms with van der Waals surface area (Å²) in [6, 6.07) is 0.395. The van der Waals surface area contributed by atoms with Crippen molar-refractivity contribution in [2.45, 2.75) is 71.3 Å². The minimum absolute atomic E-state index is 0.189. The Bertz CT molecular complexity index is 272. The molecule has 1 rings (SSSR count). The summed E-state index contributed by atoms with van der Waals surface area (Å²) in [5, 5.41) is 3.51. The van der Waals surface area contributed by atoms with E-state index < -0.39 is 0 Å². The van der Waals surface area contributed by atoms with Crippen molar-refractivity contribution in [3.63, 3.8) is 0 Å². The van der Waals surface area contributed by atoms with E-state index in [1.54, 1.807) is 0 Å². The smallest absolute Gasteiger partial charge is 0.164 e. The lowest BCUT2D eigenvalue weighted by Crippen LogP contribution is -2.47. The molecule has 0 radical (unpaired) electrons. The van der Waals surface area contributed by atoms with Crippen LogP contribution >= 0.6 is 0 Å². The number of rotatable bonds is 8. The van der Waals surface area contributed by atoms with Gasteiger partial charge in [-0.25, -0.2) is 0 Å². The molecule has 0 aliphatic carbocycles. The molecule has 1 saturated heterocycles. The molecule has 1 aliphatic heterocycles. The van der Waals surface area contributed by atoms with Crippen molar-refractivity contribution < 1.29 is 4.79 Å². The fourth-order valence-electron chi connectivity index (χ4n) is 2.79. The molecular weight excluding hydrogens is 222 g/mol. The van der Waals surface area contributed by atoms with E-state index in [9.17, 15) is 4.79 Å². The van der Waals surface area contributed by atoms with Crippen LogP contribution in [0.4, 0.5) is 0 Å². The summed E-state index contributed by atoms with van der Waals surface area (Å²) >= 11 is 0. The van der Waals surface area contributed by atoms with Crippen molar-refractivity contribution >= 4 is 5.78 Å². The molecule has 1 fully saturated rings. The number of nitrogens with one attached hydrogen (secondary N) is 1. The first-order chi connectivity index (χ1) is 8.70. The summed E-state index contributed by atoms with van der Waals surface area (Å²) in [4.78, 5) is 12.2. The standard InChI is InChI=1S/C16H29NO/c1-4-6-8-10-14-15(11-9-7-5-2)17-12-13(3)16(14)18/h14-15,17H,3-12H2,1-2H3. The van der Waals surface area contributed by atoms with E-state index in [2.05, 4.69) is 25.7 Å². The fourth-order valence-corrected chi connectivity index (χ4v) is 2.79. The highest BCUT2D eigenvalue weighted by Gasteiger charge is 2.32. The Morgan fingerprint density at radius 2 is 1.72 bits per heavy atom. The topological polar surface area (TPSA) is 29.1 Å². The number of hydrogen-bond acceptors (Lipinski definition) is 2. The maximum absolute atomic E-state index is 12.2. The maximum Gasteiger partial charge on any atom is 0.164 e. The van der Waals surface area contributed by atoms with E-state index in [0.717, 1.165) is 18.4 Å². The quantitative estimate of drug-likeness (QED) is 0.524. The number of carbonyl (C=O) groups excluding carboxylic acids is 1. The monoisotopic (exact) mass is 251 g/mol. The number of carbonyl (C=O) groups is 1. The van der Waals surface area contributed by atoms with Gasteiger partial charge in [0.25, 0.3) is 0 Å². The summed E-state index contributed by atoms with van der Waals surface area (Å²) in [7, 11) is 0. The van der Waals surface area contributed by atoms with Crippen molar-refractivity contribution in [1.82, 2.24) is 5.32 Å². The second-order valence-electron chi connectivity index (χ2n) is 5.55. The van der Waals surface area contributed by atoms with E-state index >= 15 is 0 Å². The molecule has 1 aliphatic rings. The van der Waals surface area contributed by atoms with Crippen molar-refractivity contribution in [1.29, 1.82) is 0 Å². The summed E-state index contributed by atoms with van der Waals surface area (Å²) in [6.45, 7) is 9.02. The van der Waals surface area contributed by atoms with Gasteiger partial charge in [0.05, 0.1) is 0 Å². The van der Waals surface area contributed by atoms with Crippen LogP contribution in [0.2, 0.25) is 0 Å². The molecule has 0 saturated carbocycles. The van der Waals surface area contributed by atoms with Crippen LogP contribution in [0.1, 0.15) is 65.2 Å². The lowest BCUT2D eigenvalue weighted by molar-refractivity contribution is -0.121. The molecule has 104 valence electrons. The zero-order valence-corrected chi connectivity index (χ0v) is 12.1. The molecule has 2 unspecified atom stereocenters. The van der Waals surface area contributed by atoms with Crippen LogP contribution in [-0.4, -0.2) is 18.4 Å². The highest BCUT2D eigenvalue weighted by Crippen LogP contribution is 2.25. The van der Waals surface area contributed by atoms with Crippen molar-refractivity contribution in [3.8, 4) is 0 Å². The molecule has 1 N–H and O–H groups in total. The first kappa shape index (κ1) is 15.4. The lowest BCUT2D eigenvalue weighted by Gasteiger charge is -2.33. The summed E-state index contributed by atoms with van der Waals surface area (Å²) < 4.78 is 0. The Hall–Kier alpha value is -0.630. The van der Waals surface area contributed by atoms with E-state index in [1.807, 2.05) is 0 Å². The zero-order valence-electron chi connectivity index (χ0n) is 12.1. The average Bonchev–Trinajstić information content (AvgIpc) is 2.37. The summed E-state index contributed by atoms with van der Waals surface area (Å²) in [5.41, 5.74) is 0.781. The van der Waals surface area contributed by atoms with E-state index in [0.29, 0.717) is 18.4 Å². The summed E-state index contributed by atoms with van der Waals surface area (Å²) in [6.07, 6.45) is 9.56. The first-order valence-electron chi connectivity index (χ1n) is 7.66. The van der Waals surface area contributed by atoms with Crippen molar-refractivity contribution in [2.24, 2.45) is 5.92 Å². The third-order valence-corrected chi connectivity index (χ3v) is 3.99. The largest absolute Gasteiger partial charge is 0.309 e. The molecule has 1 heterocycles. The van der Waals surface area contributed by atoms with E-state index in [-0.39, 0.29) is 5.92 Å². The predicted octanol–water partition coefficient (Wildman–Crippen LogP) is 3.86. The molecule has 2 atom stereocenters. The average molecular weight is 251 g/mol. The minimum atomic E-state index is 0.189. The number of piperidine rings is 1. The molecule has 0 aromatic heterocycles. The van der Waals surface area contributed by atoms with E-state index in [1.165, 1.54) is 38.5 Å². The molecule has 2 heteroatoms. The van der Waals surface area contributed by atoms with Crippen LogP contribution in [0, 0.1) is 5.92 Å². The van der Waals surface area contributed by atoms with Gasteiger partial charge in [0.15, 0.2) is 5.78 Å². The van der Waals surface area contributed by atoms with Crippen molar-refractivity contribution in [3.05, 3.63) is 12.2 Å². The van der Waals surface area contributed by atoms with Gasteiger partial charge < -0.3 is 5.32 Å². The second kappa shape index (κ2) is 8.47. The van der Waals surface area contributed by atoms with Crippen LogP contribution < -0.4 is 5.32 Å². The van der Waals surface area contributed by atoms with E-state index in [4.69, 9.17) is 0 Å². The molecule has 0 aromatic carbocycles. The van der Waals surface area contributed by atoms with Crippen molar-refractivity contribution in [2.75, 3.05) is 6.54 Å². The second-order valence-corrected chi connectivity index (χ2v) is 5.55. The maximum atomic E-state index is 12.2. The molecule has 0 amide bonds. The third kappa shape index (κ3) is 4.56. The Kier molecular flexibility index (Phi) is 7.26. The molecule has 0 spiro atoms. The molecule has 0 bridgehead atoms. The number of Topliss-reactive ketones (excluding diaryl/α,β-unsaturated/α-hetero) is 1. The number of ketones is 1. The van der Waals surface area contributed by atoms with Gasteiger partial charge in [-0.2, -0.15) is 0 Å². The van der Waals surface area contributed by atoms with Crippen LogP contribution in [0.3, 0.4) is 0 Å². The highest BCUT2D eigenvalue weighted by atomic mass is 16.1. The first-order valence-corrected chi connectivity index (χ1v) is 7.66. The predicted molar refractivity (Wildman–Crippen MR) is 77.7 cm³/mol. The Morgan fingerprint density at radius 1 is 1.11 bits per heavy atom. The number of hydrogen-bond donors (Lipinski definition) is 1. The highest BCUT2D eigenvalue weighted by molar-refractivity contribution is 5.98. The van der Waals surface area contributed by atoms with Crippen LogP contribution in [-0.2, 0) is 4.79 Å². The molecular formula is C16H29NO. The Labute approximate surface area is 112 Å². The van der Waals surface area contributed by atoms with Gasteiger partial charge in [-0.1, -0.05) is 59.0 Å². The minimum Gasteiger partial charge on any atom is -0.309 e. The normalized spacial score (nSPS) is 24.6. The van der Waals surface area contributed by atoms with Gasteiger partial charge in [0.2, 0.25) is 0 Å². The SMILES string of the molecule is C=C1CNC(CCCCC)C(CCCCC)C1=O. The third-order valence-electron chi connectivity index (χ3n) is 3.99.